The van der Waals surface area contributed by atoms with Gasteiger partial charge in [-0.3, -0.25) is 0 Å². The van der Waals surface area contributed by atoms with E-state index in [9.17, 15) is 0 Å². The number of hydrogen-bond donors (Lipinski definition) is 1. The summed E-state index contributed by atoms with van der Waals surface area (Å²) in [6.45, 7) is 7.09. The molecule has 1 rings (SSSR count). The maximum Gasteiger partial charge on any atom is 0.149 e. The zero-order chi connectivity index (χ0) is 9.23. The molecule has 0 amide bonds. The van der Waals surface area contributed by atoms with Crippen molar-refractivity contribution in [2.75, 3.05) is 19.7 Å². The van der Waals surface area contributed by atoms with Gasteiger partial charge in [-0.25, -0.2) is 0 Å². The summed E-state index contributed by atoms with van der Waals surface area (Å²) < 4.78 is 9.91. The minimum absolute atomic E-state index is 0.0108. The molecule has 1 atom stereocenters. The number of ether oxygens (including phenoxy) is 1. The second-order valence-electron chi connectivity index (χ2n) is 2.72. The molecule has 1 N–H and O–H groups in total. The molecular formula is C8H21NO2Si. The highest BCUT2D eigenvalue weighted by Crippen LogP contribution is 1.90. The monoisotopic (exact) mass is 191 g/mol. The van der Waals surface area contributed by atoms with Crippen molar-refractivity contribution in [3.05, 3.63) is 0 Å². The Morgan fingerprint density at radius 2 is 2.00 bits per heavy atom. The van der Waals surface area contributed by atoms with Crippen molar-refractivity contribution in [3.8, 4) is 0 Å². The molecule has 12 heavy (non-hydrogen) atoms. The van der Waals surface area contributed by atoms with E-state index in [0.29, 0.717) is 0 Å². The molecule has 4 heteroatoms. The quantitative estimate of drug-likeness (QED) is 0.504. The van der Waals surface area contributed by atoms with Gasteiger partial charge >= 0.3 is 0 Å². The van der Waals surface area contributed by atoms with Gasteiger partial charge in [0.25, 0.3) is 0 Å². The highest BCUT2D eigenvalue weighted by atomic mass is 28.2. The van der Waals surface area contributed by atoms with Gasteiger partial charge in [-0.15, -0.1) is 0 Å². The fourth-order valence-corrected chi connectivity index (χ4v) is 1.06. The van der Waals surface area contributed by atoms with E-state index < -0.39 is 0 Å². The topological polar surface area (TPSA) is 30.5 Å². The molecule has 0 bridgehead atoms. The fraction of sp³-hybridized carbons (Fsp3) is 1.00. The molecule has 1 heterocycles. The minimum Gasteiger partial charge on any atom is -0.404 e. The smallest absolute Gasteiger partial charge is 0.149 e. The molecule has 0 radical (unpaired) electrons. The van der Waals surface area contributed by atoms with E-state index in [4.69, 9.17) is 9.16 Å². The first-order valence-corrected chi connectivity index (χ1v) is 5.48. The van der Waals surface area contributed by atoms with Gasteiger partial charge in [0.2, 0.25) is 0 Å². The Morgan fingerprint density at radius 1 is 1.42 bits per heavy atom. The van der Waals surface area contributed by atoms with Crippen LogP contribution in [-0.2, 0) is 9.16 Å². The highest BCUT2D eigenvalue weighted by Gasteiger charge is 1.93. The van der Waals surface area contributed by atoms with Crippen LogP contribution >= 0.6 is 0 Å². The average Bonchev–Trinajstić information content (AvgIpc) is 2.62. The van der Waals surface area contributed by atoms with E-state index in [0.717, 1.165) is 17.1 Å². The van der Waals surface area contributed by atoms with Gasteiger partial charge in [-0.05, 0) is 39.8 Å². The van der Waals surface area contributed by atoms with Crippen LogP contribution in [0.15, 0.2) is 0 Å². The molecular weight excluding hydrogens is 170 g/mol. The van der Waals surface area contributed by atoms with E-state index in [2.05, 4.69) is 5.32 Å². The van der Waals surface area contributed by atoms with E-state index in [1.54, 1.807) is 0 Å². The number of nitrogens with one attached hydrogen (secondary N) is 1. The lowest BCUT2D eigenvalue weighted by atomic mass is 10.4. The highest BCUT2D eigenvalue weighted by molar-refractivity contribution is 5.98. The Labute approximate surface area is 78.4 Å². The molecule has 1 saturated heterocycles. The number of rotatable bonds is 3. The maximum atomic E-state index is 5.00. The summed E-state index contributed by atoms with van der Waals surface area (Å²) in [7, 11) is 0.762. The van der Waals surface area contributed by atoms with Gasteiger partial charge < -0.3 is 14.5 Å². The van der Waals surface area contributed by atoms with Crippen LogP contribution in [0.3, 0.4) is 0 Å². The second kappa shape index (κ2) is 9.19. The average molecular weight is 191 g/mol. The minimum atomic E-state index is 0.0108. The second-order valence-corrected chi connectivity index (χ2v) is 3.19. The lowest BCUT2D eigenvalue weighted by Crippen LogP contribution is -2.09. The van der Waals surface area contributed by atoms with Gasteiger partial charge in [0.15, 0.2) is 0 Å². The van der Waals surface area contributed by atoms with Crippen molar-refractivity contribution >= 4 is 10.5 Å². The third kappa shape index (κ3) is 8.20. The molecule has 1 fully saturated rings. The predicted octanol–water partition coefficient (Wildman–Crippen LogP) is 0.0357. The van der Waals surface area contributed by atoms with Gasteiger partial charge in [0.1, 0.15) is 16.8 Å². The normalized spacial score (nSPS) is 18.5. The largest absolute Gasteiger partial charge is 0.404 e. The van der Waals surface area contributed by atoms with Crippen LogP contribution in [0.1, 0.15) is 26.7 Å². The summed E-state index contributed by atoms with van der Waals surface area (Å²) in [5.74, 6) is 0. The molecule has 74 valence electrons. The van der Waals surface area contributed by atoms with E-state index >= 15 is 0 Å². The summed E-state index contributed by atoms with van der Waals surface area (Å²) in [4.78, 5) is 0. The van der Waals surface area contributed by atoms with Gasteiger partial charge in [0.05, 0.1) is 0 Å². The molecule has 1 aliphatic rings. The molecule has 1 aliphatic heterocycles. The zero-order valence-corrected chi connectivity index (χ0v) is 10.4. The fourth-order valence-electron chi connectivity index (χ4n) is 0.928. The van der Waals surface area contributed by atoms with Gasteiger partial charge in [-0.2, -0.15) is 0 Å². The van der Waals surface area contributed by atoms with Crippen molar-refractivity contribution in [1.29, 1.82) is 0 Å². The first-order valence-electron chi connectivity index (χ1n) is 4.66. The Kier molecular flexibility index (Phi) is 9.26. The summed E-state index contributed by atoms with van der Waals surface area (Å²) in [6, 6.07) is 0. The molecule has 0 saturated carbocycles. The van der Waals surface area contributed by atoms with Crippen molar-refractivity contribution < 1.29 is 9.16 Å². The first kappa shape index (κ1) is 12.1. The molecule has 0 aromatic carbocycles. The maximum absolute atomic E-state index is 5.00. The summed E-state index contributed by atoms with van der Waals surface area (Å²) in [6.07, 6.45) is 2.79. The van der Waals surface area contributed by atoms with Crippen molar-refractivity contribution in [3.63, 3.8) is 0 Å². The Morgan fingerprint density at radius 3 is 2.17 bits per heavy atom. The van der Waals surface area contributed by atoms with Crippen LogP contribution < -0.4 is 5.32 Å². The molecule has 0 aromatic heterocycles. The Hall–Kier alpha value is 0.0969. The van der Waals surface area contributed by atoms with Crippen molar-refractivity contribution in [2.24, 2.45) is 0 Å². The van der Waals surface area contributed by atoms with Crippen molar-refractivity contribution in [1.82, 2.24) is 5.32 Å². The van der Waals surface area contributed by atoms with E-state index in [1.165, 1.54) is 25.9 Å². The van der Waals surface area contributed by atoms with E-state index in [1.807, 2.05) is 13.8 Å². The zero-order valence-electron chi connectivity index (χ0n) is 8.43. The molecule has 0 spiro atoms. The first-order chi connectivity index (χ1) is 5.81. The molecule has 0 aromatic rings. The third-order valence-corrected chi connectivity index (χ3v) is 2.35. The SMILES string of the molecule is C1CCNC1.CCOC(C)O[SiH3]. The molecule has 1 unspecified atom stereocenters. The Bertz CT molecular complexity index is 81.5. The van der Waals surface area contributed by atoms with Crippen LogP contribution in [0.2, 0.25) is 0 Å². The van der Waals surface area contributed by atoms with Crippen LogP contribution in [0, 0.1) is 0 Å². The lowest BCUT2D eigenvalue weighted by molar-refractivity contribution is -0.0573. The van der Waals surface area contributed by atoms with Crippen molar-refractivity contribution in [2.45, 2.75) is 33.0 Å². The lowest BCUT2D eigenvalue weighted by Gasteiger charge is -2.07. The number of hydrogen-bond acceptors (Lipinski definition) is 3. The summed E-state index contributed by atoms with van der Waals surface area (Å²) in [5.41, 5.74) is 0. The molecule has 3 nitrogen and oxygen atoms in total. The van der Waals surface area contributed by atoms with Gasteiger partial charge in [0, 0.05) is 6.61 Å². The van der Waals surface area contributed by atoms with Gasteiger partial charge in [-0.1, -0.05) is 0 Å². The molecule has 0 aliphatic carbocycles. The van der Waals surface area contributed by atoms with Crippen LogP contribution in [-0.4, -0.2) is 36.5 Å². The van der Waals surface area contributed by atoms with Crippen LogP contribution in [0.5, 0.6) is 0 Å². The summed E-state index contributed by atoms with van der Waals surface area (Å²) >= 11 is 0. The van der Waals surface area contributed by atoms with E-state index in [-0.39, 0.29) is 6.29 Å². The predicted molar refractivity (Wildman–Crippen MR) is 54.2 cm³/mol. The summed E-state index contributed by atoms with van der Waals surface area (Å²) in [5, 5.41) is 3.22. The standard InChI is InChI=1S/C4H9N.C4H12O2Si/c1-2-4-5-3-1;1-3-5-4(2)6-7/h5H,1-4H2;4H,3H2,1-2,7H3. The third-order valence-electron chi connectivity index (χ3n) is 1.69. The Balaban J connectivity index is 0.000000211. The van der Waals surface area contributed by atoms with Crippen LogP contribution in [0.4, 0.5) is 0 Å². The van der Waals surface area contributed by atoms with Crippen LogP contribution in [0.25, 0.3) is 0 Å².